The third-order valence-corrected chi connectivity index (χ3v) is 4.76. The van der Waals surface area contributed by atoms with Crippen LogP contribution in [0.15, 0.2) is 84.9 Å². The molecule has 29 heavy (non-hydrogen) atoms. The minimum Gasteiger partial charge on any atom is -0.494 e. The summed E-state index contributed by atoms with van der Waals surface area (Å²) in [6, 6.07) is 22.5. The Morgan fingerprint density at radius 3 is 2.31 bits per heavy atom. The third-order valence-electron chi connectivity index (χ3n) is 4.76. The minimum atomic E-state index is -0.365. The number of allylic oxidation sites excluding steroid dienone is 2. The molecule has 0 unspecified atom stereocenters. The van der Waals surface area contributed by atoms with E-state index in [2.05, 4.69) is 38.1 Å². The van der Waals surface area contributed by atoms with E-state index in [1.54, 1.807) is 12.1 Å². The lowest BCUT2D eigenvalue weighted by molar-refractivity contribution is 0.340. The first kappa shape index (κ1) is 20.7. The summed E-state index contributed by atoms with van der Waals surface area (Å²) in [7, 11) is 0. The van der Waals surface area contributed by atoms with Gasteiger partial charge in [0, 0.05) is 5.41 Å². The van der Waals surface area contributed by atoms with Crippen molar-refractivity contribution in [2.75, 3.05) is 6.61 Å². The molecule has 0 N–H and O–H groups in total. The van der Waals surface area contributed by atoms with Crippen molar-refractivity contribution in [3.63, 3.8) is 0 Å². The van der Waals surface area contributed by atoms with E-state index in [0.29, 0.717) is 18.8 Å². The Morgan fingerprint density at radius 2 is 1.62 bits per heavy atom. The lowest BCUT2D eigenvalue weighted by Crippen LogP contribution is -2.13. The smallest absolute Gasteiger partial charge is 0.165 e. The van der Waals surface area contributed by atoms with Crippen molar-refractivity contribution in [3.8, 4) is 17.2 Å². The van der Waals surface area contributed by atoms with E-state index in [4.69, 9.17) is 9.47 Å². The molecule has 0 radical (unpaired) electrons. The number of hydrogen-bond donors (Lipinski definition) is 0. The highest BCUT2D eigenvalue weighted by molar-refractivity contribution is 5.37. The minimum absolute atomic E-state index is 0.117. The molecule has 3 aromatic rings. The number of para-hydroxylation sites is 1. The summed E-state index contributed by atoms with van der Waals surface area (Å²) in [4.78, 5) is 0. The summed E-state index contributed by atoms with van der Waals surface area (Å²) < 4.78 is 25.3. The molecule has 3 rings (SSSR count). The van der Waals surface area contributed by atoms with Gasteiger partial charge in [-0.2, -0.15) is 0 Å². The van der Waals surface area contributed by atoms with E-state index in [-0.39, 0.29) is 17.0 Å². The van der Waals surface area contributed by atoms with Crippen LogP contribution in [0.4, 0.5) is 4.39 Å². The summed E-state index contributed by atoms with van der Waals surface area (Å²) in [6.07, 6.45) is 5.01. The van der Waals surface area contributed by atoms with Gasteiger partial charge < -0.3 is 9.47 Å². The molecule has 0 spiro atoms. The van der Waals surface area contributed by atoms with Gasteiger partial charge in [-0.15, -0.1) is 0 Å². The van der Waals surface area contributed by atoms with E-state index in [0.717, 1.165) is 11.3 Å². The Hall–Kier alpha value is -3.07. The summed E-state index contributed by atoms with van der Waals surface area (Å²) >= 11 is 0. The van der Waals surface area contributed by atoms with Gasteiger partial charge in [-0.05, 0) is 60.9 Å². The van der Waals surface area contributed by atoms with E-state index in [1.165, 1.54) is 11.6 Å². The van der Waals surface area contributed by atoms with Crippen molar-refractivity contribution in [2.45, 2.75) is 32.6 Å². The third kappa shape index (κ3) is 5.71. The molecular weight excluding hydrogens is 363 g/mol. The van der Waals surface area contributed by atoms with Gasteiger partial charge >= 0.3 is 0 Å². The van der Waals surface area contributed by atoms with Crippen molar-refractivity contribution < 1.29 is 13.9 Å². The highest BCUT2D eigenvalue weighted by Crippen LogP contribution is 2.28. The molecule has 0 fully saturated rings. The van der Waals surface area contributed by atoms with Crippen LogP contribution in [0.3, 0.4) is 0 Å². The molecule has 0 aliphatic carbocycles. The predicted octanol–water partition coefficient (Wildman–Crippen LogP) is 7.09. The monoisotopic (exact) mass is 390 g/mol. The molecule has 0 amide bonds. The quantitative estimate of drug-likeness (QED) is 0.382. The maximum Gasteiger partial charge on any atom is 0.165 e. The second kappa shape index (κ2) is 9.42. The van der Waals surface area contributed by atoms with Crippen LogP contribution < -0.4 is 9.47 Å². The number of ether oxygens (including phenoxy) is 2. The van der Waals surface area contributed by atoms with Crippen LogP contribution >= 0.6 is 0 Å². The molecule has 2 nitrogen and oxygen atoms in total. The van der Waals surface area contributed by atoms with Crippen molar-refractivity contribution in [1.82, 2.24) is 0 Å². The van der Waals surface area contributed by atoms with Crippen LogP contribution in [0.25, 0.3) is 0 Å². The fourth-order valence-electron chi connectivity index (χ4n) is 3.10. The summed E-state index contributed by atoms with van der Waals surface area (Å²) in [6.45, 7) is 6.99. The summed E-state index contributed by atoms with van der Waals surface area (Å²) in [5, 5.41) is 0. The van der Waals surface area contributed by atoms with Gasteiger partial charge in [0.15, 0.2) is 11.6 Å². The lowest BCUT2D eigenvalue weighted by atomic mass is 9.84. The maximum absolute atomic E-state index is 14.1. The Kier molecular flexibility index (Phi) is 6.71. The molecule has 0 aromatic heterocycles. The zero-order chi connectivity index (χ0) is 20.7. The topological polar surface area (TPSA) is 18.5 Å². The fraction of sp³-hybridized carbons (Fsp3) is 0.231. The molecule has 3 heteroatoms. The Bertz CT molecular complexity index is 944. The zero-order valence-electron chi connectivity index (χ0n) is 17.2. The van der Waals surface area contributed by atoms with Crippen LogP contribution in [0.1, 0.15) is 31.9 Å². The van der Waals surface area contributed by atoms with Crippen LogP contribution in [0.5, 0.6) is 17.2 Å². The van der Waals surface area contributed by atoms with Gasteiger partial charge in [0.2, 0.25) is 0 Å². The first-order valence-electron chi connectivity index (χ1n) is 9.90. The van der Waals surface area contributed by atoms with E-state index < -0.39 is 0 Å². The molecule has 0 aliphatic heterocycles. The first-order valence-corrected chi connectivity index (χ1v) is 9.90. The molecule has 3 aromatic carbocycles. The van der Waals surface area contributed by atoms with Gasteiger partial charge in [0.05, 0.1) is 6.61 Å². The van der Waals surface area contributed by atoms with Crippen molar-refractivity contribution >= 4 is 0 Å². The molecule has 150 valence electrons. The highest BCUT2D eigenvalue weighted by atomic mass is 19.1. The first-order chi connectivity index (χ1) is 14.0. The average Bonchev–Trinajstić information content (AvgIpc) is 2.72. The van der Waals surface area contributed by atoms with Gasteiger partial charge in [0.25, 0.3) is 0 Å². The van der Waals surface area contributed by atoms with Crippen LogP contribution in [0, 0.1) is 5.82 Å². The Morgan fingerprint density at radius 1 is 0.897 bits per heavy atom. The van der Waals surface area contributed by atoms with Gasteiger partial charge in [-0.25, -0.2) is 4.39 Å². The van der Waals surface area contributed by atoms with Gasteiger partial charge in [-0.3, -0.25) is 0 Å². The second-order valence-corrected chi connectivity index (χ2v) is 7.47. The van der Waals surface area contributed by atoms with E-state index in [1.807, 2.05) is 49.4 Å². The number of benzene rings is 3. The summed E-state index contributed by atoms with van der Waals surface area (Å²) in [5.74, 6) is 1.38. The van der Waals surface area contributed by atoms with Gasteiger partial charge in [0.1, 0.15) is 11.5 Å². The maximum atomic E-state index is 14.1. The number of rotatable bonds is 8. The predicted molar refractivity (Wildman–Crippen MR) is 116 cm³/mol. The number of hydrogen-bond acceptors (Lipinski definition) is 2. The fourth-order valence-corrected chi connectivity index (χ4v) is 3.10. The van der Waals surface area contributed by atoms with Gasteiger partial charge in [-0.1, -0.05) is 62.4 Å². The van der Waals surface area contributed by atoms with Crippen LogP contribution in [-0.2, 0) is 11.8 Å². The van der Waals surface area contributed by atoms with E-state index in [9.17, 15) is 4.39 Å². The molecule has 0 atom stereocenters. The normalized spacial score (nSPS) is 11.6. The second-order valence-electron chi connectivity index (χ2n) is 7.47. The van der Waals surface area contributed by atoms with Crippen LogP contribution in [0.2, 0.25) is 0 Å². The largest absolute Gasteiger partial charge is 0.494 e. The van der Waals surface area contributed by atoms with Crippen molar-refractivity contribution in [3.05, 3.63) is 102 Å². The summed E-state index contributed by atoms with van der Waals surface area (Å²) in [5.41, 5.74) is 2.09. The Labute approximate surface area is 172 Å². The lowest BCUT2D eigenvalue weighted by Gasteiger charge is -2.21. The molecule has 0 bridgehead atoms. The molecule has 0 saturated carbocycles. The van der Waals surface area contributed by atoms with E-state index >= 15 is 0 Å². The molecular formula is C26H27FO2. The van der Waals surface area contributed by atoms with Crippen molar-refractivity contribution in [1.29, 1.82) is 0 Å². The molecule has 0 aliphatic rings. The zero-order valence-corrected chi connectivity index (χ0v) is 17.2. The number of halogens is 1. The SMILES string of the molecule is CCOc1ccc(C(C)(C)C=CCc2ccc(F)c(Oc3ccccc3)c2)cc1. The molecule has 0 heterocycles. The standard InChI is InChI=1S/C26H27FO2/c1-4-28-22-15-13-21(14-16-22)26(2,3)18-8-9-20-12-17-24(27)25(19-20)29-23-10-6-5-7-11-23/h5-8,10-19H,4,9H2,1-3H3. The average molecular weight is 390 g/mol. The van der Waals surface area contributed by atoms with Crippen LogP contribution in [-0.4, -0.2) is 6.61 Å². The highest BCUT2D eigenvalue weighted by Gasteiger charge is 2.16. The Balaban J connectivity index is 1.68. The molecule has 0 saturated heterocycles. The van der Waals surface area contributed by atoms with Crippen molar-refractivity contribution in [2.24, 2.45) is 0 Å².